The molecule has 0 aliphatic heterocycles. The van der Waals surface area contributed by atoms with Gasteiger partial charge in [-0.05, 0) is 48.9 Å². The van der Waals surface area contributed by atoms with Crippen LogP contribution >= 0.6 is 12.2 Å². The van der Waals surface area contributed by atoms with Crippen LogP contribution in [-0.2, 0) is 19.4 Å². The predicted octanol–water partition coefficient (Wildman–Crippen LogP) is 3.44. The molecule has 1 unspecified atom stereocenters. The van der Waals surface area contributed by atoms with E-state index in [9.17, 15) is 9.59 Å². The fourth-order valence-corrected chi connectivity index (χ4v) is 3.57. The molecule has 0 amide bonds. The van der Waals surface area contributed by atoms with Crippen molar-refractivity contribution in [3.8, 4) is 0 Å². The van der Waals surface area contributed by atoms with E-state index < -0.39 is 5.76 Å². The topological polar surface area (TPSA) is 78.2 Å². The van der Waals surface area contributed by atoms with Crippen molar-refractivity contribution in [3.05, 3.63) is 80.6 Å². The van der Waals surface area contributed by atoms with Gasteiger partial charge < -0.3 is 10.2 Å². The summed E-state index contributed by atoms with van der Waals surface area (Å²) < 4.78 is 6.42. The van der Waals surface area contributed by atoms with Gasteiger partial charge in [0.25, 0.3) is 5.56 Å². The molecular formula is C22H24N2O3S. The first-order chi connectivity index (χ1) is 13.5. The van der Waals surface area contributed by atoms with E-state index in [0.717, 1.165) is 24.8 Å². The molecule has 28 heavy (non-hydrogen) atoms. The summed E-state index contributed by atoms with van der Waals surface area (Å²) in [5.74, 6) is -0.387. The first-order valence-corrected chi connectivity index (χ1v) is 9.90. The Hall–Kier alpha value is -2.73. The molecule has 0 fully saturated rings. The number of aryl methyl sites for hydroxylation is 1. The maximum Gasteiger partial charge on any atom is 0.422 e. The summed E-state index contributed by atoms with van der Waals surface area (Å²) in [6.07, 6.45) is 3.22. The number of hydrogen-bond acceptors (Lipinski definition) is 4. The van der Waals surface area contributed by atoms with E-state index in [4.69, 9.17) is 22.4 Å². The lowest BCUT2D eigenvalue weighted by atomic mass is 9.96. The van der Waals surface area contributed by atoms with Gasteiger partial charge in [-0.3, -0.25) is 4.79 Å². The van der Waals surface area contributed by atoms with E-state index in [0.29, 0.717) is 28.9 Å². The van der Waals surface area contributed by atoms with Gasteiger partial charge >= 0.3 is 5.76 Å². The smallest absolute Gasteiger partial charge is 0.409 e. The quantitative estimate of drug-likeness (QED) is 0.590. The van der Waals surface area contributed by atoms with Gasteiger partial charge in [-0.2, -0.15) is 0 Å². The second-order valence-corrected chi connectivity index (χ2v) is 7.42. The monoisotopic (exact) mass is 396 g/mol. The zero-order valence-corrected chi connectivity index (χ0v) is 16.7. The molecule has 5 nitrogen and oxygen atoms in total. The summed E-state index contributed by atoms with van der Waals surface area (Å²) in [6.45, 7) is 2.41. The largest absolute Gasteiger partial charge is 0.422 e. The van der Waals surface area contributed by atoms with Crippen LogP contribution in [0, 0.1) is 5.92 Å². The molecule has 3 rings (SSSR count). The normalized spacial score (nSPS) is 12.2. The van der Waals surface area contributed by atoms with Crippen LogP contribution in [0.3, 0.4) is 0 Å². The lowest BCUT2D eigenvalue weighted by molar-refractivity contribution is 0.448. The molecule has 0 saturated carbocycles. The number of thiocarbonyl (C=S) groups is 1. The van der Waals surface area contributed by atoms with E-state index in [1.54, 1.807) is 24.3 Å². The van der Waals surface area contributed by atoms with E-state index in [1.165, 1.54) is 10.1 Å². The number of nitrogens with two attached hydrogens (primary N) is 1. The van der Waals surface area contributed by atoms with Crippen molar-refractivity contribution in [3.63, 3.8) is 0 Å². The molecule has 0 aliphatic rings. The highest BCUT2D eigenvalue weighted by Crippen LogP contribution is 2.15. The minimum atomic E-state index is -0.609. The van der Waals surface area contributed by atoms with Gasteiger partial charge in [0.15, 0.2) is 0 Å². The third kappa shape index (κ3) is 4.57. The Morgan fingerprint density at radius 2 is 1.79 bits per heavy atom. The number of fused-ring (bicyclic) bond motifs is 1. The summed E-state index contributed by atoms with van der Waals surface area (Å²) in [5, 5.41) is 0.426. The van der Waals surface area contributed by atoms with Crippen molar-refractivity contribution in [1.29, 1.82) is 0 Å². The third-order valence-corrected chi connectivity index (χ3v) is 5.36. The van der Waals surface area contributed by atoms with Crippen molar-refractivity contribution in [1.82, 2.24) is 4.57 Å². The zero-order valence-electron chi connectivity index (χ0n) is 15.9. The number of rotatable bonds is 8. The van der Waals surface area contributed by atoms with Crippen molar-refractivity contribution >= 4 is 28.2 Å². The molecule has 1 aromatic heterocycles. The van der Waals surface area contributed by atoms with Crippen molar-refractivity contribution in [2.45, 2.75) is 39.2 Å². The molecule has 2 N–H and O–H groups in total. The van der Waals surface area contributed by atoms with Gasteiger partial charge in [0.1, 0.15) is 5.58 Å². The fourth-order valence-electron chi connectivity index (χ4n) is 3.32. The van der Waals surface area contributed by atoms with Crippen molar-refractivity contribution in [2.24, 2.45) is 11.7 Å². The van der Waals surface area contributed by atoms with Gasteiger partial charge in [-0.1, -0.05) is 55.5 Å². The second kappa shape index (κ2) is 8.97. The number of hydrogen-bond donors (Lipinski definition) is 1. The minimum Gasteiger partial charge on any atom is -0.409 e. The Kier molecular flexibility index (Phi) is 6.41. The number of aromatic nitrogens is 1. The molecule has 0 bridgehead atoms. The van der Waals surface area contributed by atoms with Crippen LogP contribution in [0.15, 0.2) is 62.5 Å². The fraction of sp³-hybridized carbons (Fsp3) is 0.318. The molecule has 146 valence electrons. The molecule has 1 atom stereocenters. The molecular weight excluding hydrogens is 372 g/mol. The standard InChI is InChI=1S/C22H24N2O3S/c1-2-17(20(23)28)14-16-11-9-15(10-12-16)6-5-13-24-21(25)18-7-3-4-8-19(18)27-22(24)26/h3-4,7-12,17H,2,5-6,13-14H2,1H3,(H2,23,28). The van der Waals surface area contributed by atoms with Crippen LogP contribution in [0.4, 0.5) is 0 Å². The number of nitrogens with zero attached hydrogens (tertiary/aromatic N) is 1. The molecule has 0 spiro atoms. The number of para-hydroxylation sites is 1. The van der Waals surface area contributed by atoms with Crippen LogP contribution in [0.1, 0.15) is 30.9 Å². The van der Waals surface area contributed by atoms with Gasteiger partial charge in [0, 0.05) is 12.5 Å². The first-order valence-electron chi connectivity index (χ1n) is 9.49. The summed E-state index contributed by atoms with van der Waals surface area (Å²) in [4.78, 5) is 25.2. The highest BCUT2D eigenvalue weighted by molar-refractivity contribution is 7.80. The third-order valence-electron chi connectivity index (χ3n) is 5.03. The first kappa shape index (κ1) is 20.0. The maximum atomic E-state index is 12.5. The maximum absolute atomic E-state index is 12.5. The van der Waals surface area contributed by atoms with E-state index in [-0.39, 0.29) is 11.5 Å². The highest BCUT2D eigenvalue weighted by atomic mass is 32.1. The Morgan fingerprint density at radius 3 is 2.46 bits per heavy atom. The Labute approximate surface area is 168 Å². The van der Waals surface area contributed by atoms with Crippen LogP contribution < -0.4 is 17.0 Å². The predicted molar refractivity (Wildman–Crippen MR) is 116 cm³/mol. The van der Waals surface area contributed by atoms with Crippen LogP contribution in [0.5, 0.6) is 0 Å². The molecule has 1 heterocycles. The highest BCUT2D eigenvalue weighted by Gasteiger charge is 2.11. The molecule has 3 aromatic rings. The second-order valence-electron chi connectivity index (χ2n) is 6.95. The summed E-state index contributed by atoms with van der Waals surface area (Å²) in [7, 11) is 0. The molecule has 0 saturated heterocycles. The van der Waals surface area contributed by atoms with Crippen molar-refractivity contribution < 1.29 is 4.42 Å². The van der Waals surface area contributed by atoms with E-state index in [1.807, 2.05) is 0 Å². The lowest BCUT2D eigenvalue weighted by Gasteiger charge is -2.13. The van der Waals surface area contributed by atoms with Crippen LogP contribution in [0.25, 0.3) is 11.0 Å². The summed E-state index contributed by atoms with van der Waals surface area (Å²) >= 11 is 5.11. The Bertz CT molecular complexity index is 1080. The molecule has 6 heteroatoms. The molecule has 0 aliphatic carbocycles. The van der Waals surface area contributed by atoms with Gasteiger partial charge in [0.2, 0.25) is 0 Å². The SMILES string of the molecule is CCC(Cc1ccc(CCCn2c(=O)oc3ccccc3c2=O)cc1)C(N)=S. The van der Waals surface area contributed by atoms with E-state index >= 15 is 0 Å². The van der Waals surface area contributed by atoms with Gasteiger partial charge in [-0.25, -0.2) is 9.36 Å². The molecule has 2 aromatic carbocycles. The van der Waals surface area contributed by atoms with Crippen LogP contribution in [0.2, 0.25) is 0 Å². The van der Waals surface area contributed by atoms with Crippen LogP contribution in [-0.4, -0.2) is 9.56 Å². The summed E-state index contributed by atoms with van der Waals surface area (Å²) in [5.41, 5.74) is 8.16. The number of benzene rings is 2. The Morgan fingerprint density at radius 1 is 1.11 bits per heavy atom. The minimum absolute atomic E-state index is 0.222. The van der Waals surface area contributed by atoms with E-state index in [2.05, 4.69) is 31.2 Å². The van der Waals surface area contributed by atoms with Gasteiger partial charge in [-0.15, -0.1) is 0 Å². The zero-order chi connectivity index (χ0) is 20.1. The summed E-state index contributed by atoms with van der Waals surface area (Å²) in [6, 6.07) is 15.1. The molecule has 0 radical (unpaired) electrons. The lowest BCUT2D eigenvalue weighted by Crippen LogP contribution is -2.32. The van der Waals surface area contributed by atoms with Gasteiger partial charge in [0.05, 0.1) is 10.4 Å². The average Bonchev–Trinajstić information content (AvgIpc) is 2.69. The average molecular weight is 397 g/mol. The Balaban J connectivity index is 1.64. The van der Waals surface area contributed by atoms with Crippen molar-refractivity contribution in [2.75, 3.05) is 0 Å².